The van der Waals surface area contributed by atoms with Crippen LogP contribution in [-0.2, 0) is 18.9 Å². The third-order valence-electron chi connectivity index (χ3n) is 2.90. The maximum Gasteiger partial charge on any atom is 0.0704 e. The molecule has 0 fully saturated rings. The topological polar surface area (TPSA) is 57.2 Å². The van der Waals surface area contributed by atoms with Gasteiger partial charge in [-0.3, -0.25) is 0 Å². The largest absolute Gasteiger partial charge is 0.394 e. The summed E-state index contributed by atoms with van der Waals surface area (Å²) in [5.41, 5.74) is 0. The first kappa shape index (κ1) is 19.8. The van der Waals surface area contributed by atoms with Crippen LogP contribution in [0.2, 0.25) is 0 Å². The van der Waals surface area contributed by atoms with E-state index in [-0.39, 0.29) is 6.61 Å². The predicted molar refractivity (Wildman–Crippen MR) is 79.1 cm³/mol. The fraction of sp³-hybridized carbons (Fsp3) is 1.00. The fourth-order valence-electron chi connectivity index (χ4n) is 1.72. The quantitative estimate of drug-likeness (QED) is 0.441. The summed E-state index contributed by atoms with van der Waals surface area (Å²) < 4.78 is 21.6. The van der Waals surface area contributed by atoms with E-state index in [1.807, 2.05) is 0 Å². The molecule has 0 saturated carbocycles. The van der Waals surface area contributed by atoms with Gasteiger partial charge in [-0.2, -0.15) is 0 Å². The molecule has 0 saturated heterocycles. The maximum absolute atomic E-state index is 8.50. The van der Waals surface area contributed by atoms with Crippen LogP contribution in [0.5, 0.6) is 0 Å². The Bertz CT molecular complexity index is 178. The van der Waals surface area contributed by atoms with Crippen molar-refractivity contribution in [2.45, 2.75) is 45.6 Å². The van der Waals surface area contributed by atoms with Gasteiger partial charge in [-0.25, -0.2) is 0 Å². The highest BCUT2D eigenvalue weighted by Crippen LogP contribution is 2.08. The molecule has 0 aliphatic carbocycles. The van der Waals surface area contributed by atoms with Crippen molar-refractivity contribution in [3.8, 4) is 0 Å². The molecule has 0 spiro atoms. The van der Waals surface area contributed by atoms with Gasteiger partial charge in [0.05, 0.1) is 59.0 Å². The molecule has 0 bridgehead atoms. The number of hydrogen-bond donors (Lipinski definition) is 1. The number of hydrogen-bond acceptors (Lipinski definition) is 5. The standard InChI is InChI=1S/C15H32O5/c1-3-5-6-15(4-2)20-14-13-19-12-11-18-10-9-17-8-7-16/h15-16H,3-14H2,1-2H3. The van der Waals surface area contributed by atoms with Crippen molar-refractivity contribution in [3.05, 3.63) is 0 Å². The summed E-state index contributed by atoms with van der Waals surface area (Å²) >= 11 is 0. The van der Waals surface area contributed by atoms with Crippen LogP contribution in [0.15, 0.2) is 0 Å². The molecular weight excluding hydrogens is 260 g/mol. The Labute approximate surface area is 123 Å². The Morgan fingerprint density at radius 2 is 1.35 bits per heavy atom. The molecule has 0 aromatic carbocycles. The second kappa shape index (κ2) is 16.9. The van der Waals surface area contributed by atoms with E-state index in [4.69, 9.17) is 24.1 Å². The van der Waals surface area contributed by atoms with Gasteiger partial charge in [-0.05, 0) is 12.8 Å². The summed E-state index contributed by atoms with van der Waals surface area (Å²) in [6, 6.07) is 0. The van der Waals surface area contributed by atoms with Crippen molar-refractivity contribution in [3.63, 3.8) is 0 Å². The first-order chi connectivity index (χ1) is 9.85. The van der Waals surface area contributed by atoms with Gasteiger partial charge >= 0.3 is 0 Å². The van der Waals surface area contributed by atoms with E-state index >= 15 is 0 Å². The lowest BCUT2D eigenvalue weighted by molar-refractivity contribution is -0.0230. The van der Waals surface area contributed by atoms with Crippen LogP contribution < -0.4 is 0 Å². The van der Waals surface area contributed by atoms with Crippen molar-refractivity contribution in [2.75, 3.05) is 52.9 Å². The van der Waals surface area contributed by atoms with E-state index in [0.29, 0.717) is 52.4 Å². The van der Waals surface area contributed by atoms with Crippen LogP contribution in [0, 0.1) is 0 Å². The van der Waals surface area contributed by atoms with Gasteiger partial charge in [-0.15, -0.1) is 0 Å². The molecule has 122 valence electrons. The van der Waals surface area contributed by atoms with E-state index in [9.17, 15) is 0 Å². The Kier molecular flexibility index (Phi) is 16.7. The Balaban J connectivity index is 3.15. The van der Waals surface area contributed by atoms with Gasteiger partial charge in [0.2, 0.25) is 0 Å². The average Bonchev–Trinajstić information content (AvgIpc) is 2.48. The molecule has 0 amide bonds. The summed E-state index contributed by atoms with van der Waals surface area (Å²) in [5, 5.41) is 8.50. The molecule has 5 heteroatoms. The lowest BCUT2D eigenvalue weighted by Crippen LogP contribution is -2.17. The van der Waals surface area contributed by atoms with Crippen LogP contribution in [0.3, 0.4) is 0 Å². The maximum atomic E-state index is 8.50. The number of aliphatic hydroxyl groups excluding tert-OH is 1. The van der Waals surface area contributed by atoms with Crippen molar-refractivity contribution < 1.29 is 24.1 Å². The van der Waals surface area contributed by atoms with Gasteiger partial charge in [-0.1, -0.05) is 26.7 Å². The van der Waals surface area contributed by atoms with E-state index < -0.39 is 0 Å². The molecule has 0 radical (unpaired) electrons. The Morgan fingerprint density at radius 1 is 0.800 bits per heavy atom. The normalized spacial score (nSPS) is 12.8. The molecule has 5 nitrogen and oxygen atoms in total. The lowest BCUT2D eigenvalue weighted by atomic mass is 10.1. The van der Waals surface area contributed by atoms with E-state index in [2.05, 4.69) is 13.8 Å². The zero-order valence-corrected chi connectivity index (χ0v) is 13.1. The van der Waals surface area contributed by atoms with Crippen molar-refractivity contribution in [1.82, 2.24) is 0 Å². The monoisotopic (exact) mass is 292 g/mol. The summed E-state index contributed by atoms with van der Waals surface area (Å²) in [6.45, 7) is 8.25. The first-order valence-electron chi connectivity index (χ1n) is 7.80. The number of ether oxygens (including phenoxy) is 4. The summed E-state index contributed by atoms with van der Waals surface area (Å²) in [5.74, 6) is 0. The van der Waals surface area contributed by atoms with Crippen LogP contribution in [0.25, 0.3) is 0 Å². The highest BCUT2D eigenvalue weighted by molar-refractivity contribution is 4.54. The fourth-order valence-corrected chi connectivity index (χ4v) is 1.72. The molecular formula is C15H32O5. The third-order valence-corrected chi connectivity index (χ3v) is 2.90. The van der Waals surface area contributed by atoms with Crippen molar-refractivity contribution in [2.24, 2.45) is 0 Å². The zero-order valence-electron chi connectivity index (χ0n) is 13.1. The molecule has 1 N–H and O–H groups in total. The predicted octanol–water partition coefficient (Wildman–Crippen LogP) is 2.01. The summed E-state index contributed by atoms with van der Waals surface area (Å²) in [6.07, 6.45) is 5.03. The number of rotatable bonds is 16. The molecule has 20 heavy (non-hydrogen) atoms. The van der Waals surface area contributed by atoms with Gasteiger partial charge in [0.25, 0.3) is 0 Å². The Hall–Kier alpha value is -0.200. The van der Waals surface area contributed by atoms with Gasteiger partial charge in [0.1, 0.15) is 0 Å². The molecule has 0 aliphatic heterocycles. The summed E-state index contributed by atoms with van der Waals surface area (Å²) in [4.78, 5) is 0. The van der Waals surface area contributed by atoms with Gasteiger partial charge in [0, 0.05) is 0 Å². The molecule has 0 aromatic heterocycles. The number of aliphatic hydroxyl groups is 1. The molecule has 0 heterocycles. The van der Waals surface area contributed by atoms with E-state index in [0.717, 1.165) is 12.8 Å². The van der Waals surface area contributed by atoms with Gasteiger partial charge < -0.3 is 24.1 Å². The number of unbranched alkanes of at least 4 members (excludes halogenated alkanes) is 1. The lowest BCUT2D eigenvalue weighted by Gasteiger charge is -2.15. The average molecular weight is 292 g/mol. The summed E-state index contributed by atoms with van der Waals surface area (Å²) in [7, 11) is 0. The highest BCUT2D eigenvalue weighted by atomic mass is 16.6. The van der Waals surface area contributed by atoms with Crippen LogP contribution in [-0.4, -0.2) is 64.1 Å². The van der Waals surface area contributed by atoms with Crippen LogP contribution in [0.4, 0.5) is 0 Å². The first-order valence-corrected chi connectivity index (χ1v) is 7.80. The highest BCUT2D eigenvalue weighted by Gasteiger charge is 2.05. The smallest absolute Gasteiger partial charge is 0.0704 e. The SMILES string of the molecule is CCCCC(CC)OCCOCCOCCOCCO. The minimum atomic E-state index is 0.0557. The second-order valence-electron chi connectivity index (χ2n) is 4.60. The van der Waals surface area contributed by atoms with Gasteiger partial charge in [0.15, 0.2) is 0 Å². The molecule has 1 unspecified atom stereocenters. The molecule has 0 rings (SSSR count). The second-order valence-corrected chi connectivity index (χ2v) is 4.60. The van der Waals surface area contributed by atoms with Crippen molar-refractivity contribution in [1.29, 1.82) is 0 Å². The van der Waals surface area contributed by atoms with Crippen LogP contribution >= 0.6 is 0 Å². The Morgan fingerprint density at radius 3 is 1.85 bits per heavy atom. The third kappa shape index (κ3) is 14.2. The van der Waals surface area contributed by atoms with Crippen LogP contribution in [0.1, 0.15) is 39.5 Å². The molecule has 0 aromatic rings. The molecule has 0 aliphatic rings. The van der Waals surface area contributed by atoms with Crippen molar-refractivity contribution >= 4 is 0 Å². The van der Waals surface area contributed by atoms with E-state index in [1.54, 1.807) is 0 Å². The molecule has 1 atom stereocenters. The van der Waals surface area contributed by atoms with E-state index in [1.165, 1.54) is 12.8 Å². The minimum absolute atomic E-state index is 0.0557. The zero-order chi connectivity index (χ0) is 14.9. The minimum Gasteiger partial charge on any atom is -0.394 e.